The van der Waals surface area contributed by atoms with E-state index in [0.717, 1.165) is 23.8 Å². The van der Waals surface area contributed by atoms with Crippen LogP contribution in [0.3, 0.4) is 0 Å². The molecular weight excluding hydrogens is 421 g/mol. The number of thiophene rings is 1. The van der Waals surface area contributed by atoms with Crippen molar-refractivity contribution in [3.05, 3.63) is 51.7 Å². The summed E-state index contributed by atoms with van der Waals surface area (Å²) in [4.78, 5) is 4.25. The summed E-state index contributed by atoms with van der Waals surface area (Å²) in [6.45, 7) is 6.19. The van der Waals surface area contributed by atoms with Gasteiger partial charge in [-0.2, -0.15) is 11.3 Å². The normalized spacial score (nSPS) is 10.8. The third kappa shape index (κ3) is 6.39. The zero-order chi connectivity index (χ0) is 15.8. The van der Waals surface area contributed by atoms with Gasteiger partial charge in [-0.1, -0.05) is 12.1 Å². The lowest BCUT2D eigenvalue weighted by Gasteiger charge is -2.14. The SMILES string of the molecule is CCOc1cc(C)ccc1CNC(=NC)NCc1ccsc1.I. The fraction of sp³-hybridized carbons (Fsp3) is 0.353. The summed E-state index contributed by atoms with van der Waals surface area (Å²) >= 11 is 1.70. The van der Waals surface area contributed by atoms with E-state index in [2.05, 4.69) is 57.6 Å². The van der Waals surface area contributed by atoms with Crippen LogP contribution in [0.2, 0.25) is 0 Å². The number of nitrogens with one attached hydrogen (secondary N) is 2. The Labute approximate surface area is 159 Å². The van der Waals surface area contributed by atoms with E-state index in [1.165, 1.54) is 11.1 Å². The molecule has 1 aromatic carbocycles. The Balaban J connectivity index is 0.00000264. The minimum Gasteiger partial charge on any atom is -0.494 e. The van der Waals surface area contributed by atoms with Gasteiger partial charge >= 0.3 is 0 Å². The number of nitrogens with zero attached hydrogens (tertiary/aromatic N) is 1. The van der Waals surface area contributed by atoms with E-state index in [-0.39, 0.29) is 24.0 Å². The summed E-state index contributed by atoms with van der Waals surface area (Å²) in [6.07, 6.45) is 0. The molecule has 1 aromatic heterocycles. The fourth-order valence-electron chi connectivity index (χ4n) is 2.08. The van der Waals surface area contributed by atoms with Crippen molar-refractivity contribution >= 4 is 41.3 Å². The van der Waals surface area contributed by atoms with Gasteiger partial charge in [0.1, 0.15) is 5.75 Å². The molecule has 0 aliphatic heterocycles. The van der Waals surface area contributed by atoms with Crippen molar-refractivity contribution in [2.75, 3.05) is 13.7 Å². The van der Waals surface area contributed by atoms with Gasteiger partial charge < -0.3 is 15.4 Å². The van der Waals surface area contributed by atoms with Gasteiger partial charge in [0, 0.05) is 25.7 Å². The second-order valence-corrected chi connectivity index (χ2v) is 5.74. The van der Waals surface area contributed by atoms with Gasteiger partial charge in [0.2, 0.25) is 0 Å². The zero-order valence-electron chi connectivity index (χ0n) is 13.8. The quantitative estimate of drug-likeness (QED) is 0.402. The Morgan fingerprint density at radius 3 is 2.65 bits per heavy atom. The molecule has 0 aliphatic carbocycles. The summed E-state index contributed by atoms with van der Waals surface area (Å²) < 4.78 is 5.70. The molecule has 0 bridgehead atoms. The Morgan fingerprint density at radius 2 is 2.00 bits per heavy atom. The van der Waals surface area contributed by atoms with Crippen molar-refractivity contribution in [1.82, 2.24) is 10.6 Å². The van der Waals surface area contributed by atoms with E-state index in [1.807, 2.05) is 6.92 Å². The molecule has 0 amide bonds. The molecule has 0 aliphatic rings. The number of rotatable bonds is 6. The highest BCUT2D eigenvalue weighted by Crippen LogP contribution is 2.20. The summed E-state index contributed by atoms with van der Waals surface area (Å²) in [5.74, 6) is 1.72. The lowest BCUT2D eigenvalue weighted by molar-refractivity contribution is 0.336. The van der Waals surface area contributed by atoms with Gasteiger partial charge in [0.05, 0.1) is 6.61 Å². The van der Waals surface area contributed by atoms with E-state index in [4.69, 9.17) is 4.74 Å². The molecule has 2 N–H and O–H groups in total. The van der Waals surface area contributed by atoms with Crippen LogP contribution in [0.1, 0.15) is 23.6 Å². The maximum Gasteiger partial charge on any atom is 0.191 e. The zero-order valence-corrected chi connectivity index (χ0v) is 16.9. The summed E-state index contributed by atoms with van der Waals surface area (Å²) in [7, 11) is 1.78. The molecule has 2 aromatic rings. The molecule has 0 radical (unpaired) electrons. The van der Waals surface area contributed by atoms with Crippen molar-refractivity contribution in [1.29, 1.82) is 0 Å². The molecule has 2 rings (SSSR count). The highest BCUT2D eigenvalue weighted by Gasteiger charge is 2.05. The van der Waals surface area contributed by atoms with Gasteiger partial charge in [-0.05, 0) is 47.9 Å². The first kappa shape index (κ1) is 19.8. The van der Waals surface area contributed by atoms with Gasteiger partial charge in [0.25, 0.3) is 0 Å². The summed E-state index contributed by atoms with van der Waals surface area (Å²) in [6, 6.07) is 8.38. The molecule has 23 heavy (non-hydrogen) atoms. The lowest BCUT2D eigenvalue weighted by atomic mass is 10.1. The van der Waals surface area contributed by atoms with Crippen molar-refractivity contribution < 1.29 is 4.74 Å². The standard InChI is InChI=1S/C17H23N3OS.HI/c1-4-21-16-9-13(2)5-6-15(16)11-20-17(18-3)19-10-14-7-8-22-12-14;/h5-9,12H,4,10-11H2,1-3H3,(H2,18,19,20);1H. The Kier molecular flexibility index (Phi) is 9.01. The average molecular weight is 445 g/mol. The van der Waals surface area contributed by atoms with E-state index >= 15 is 0 Å². The van der Waals surface area contributed by atoms with Crippen LogP contribution < -0.4 is 15.4 Å². The highest BCUT2D eigenvalue weighted by molar-refractivity contribution is 14.0. The van der Waals surface area contributed by atoms with Gasteiger partial charge in [-0.3, -0.25) is 4.99 Å². The van der Waals surface area contributed by atoms with Crippen LogP contribution in [0, 0.1) is 6.92 Å². The van der Waals surface area contributed by atoms with Gasteiger partial charge in [-0.15, -0.1) is 24.0 Å². The fourth-order valence-corrected chi connectivity index (χ4v) is 2.74. The predicted molar refractivity (Wildman–Crippen MR) is 109 cm³/mol. The number of guanidine groups is 1. The Morgan fingerprint density at radius 1 is 1.22 bits per heavy atom. The maximum absolute atomic E-state index is 5.70. The average Bonchev–Trinajstić information content (AvgIpc) is 3.03. The van der Waals surface area contributed by atoms with Crippen LogP contribution in [0.5, 0.6) is 5.75 Å². The minimum atomic E-state index is 0. The smallest absolute Gasteiger partial charge is 0.191 e. The van der Waals surface area contributed by atoms with E-state index < -0.39 is 0 Å². The molecule has 0 spiro atoms. The molecule has 126 valence electrons. The number of halogens is 1. The number of hydrogen-bond donors (Lipinski definition) is 2. The highest BCUT2D eigenvalue weighted by atomic mass is 127. The molecule has 1 heterocycles. The molecule has 6 heteroatoms. The third-order valence-corrected chi connectivity index (χ3v) is 3.96. The number of aliphatic imine (C=N–C) groups is 1. The van der Waals surface area contributed by atoms with Crippen molar-refractivity contribution in [2.45, 2.75) is 26.9 Å². The van der Waals surface area contributed by atoms with E-state index in [0.29, 0.717) is 13.2 Å². The van der Waals surface area contributed by atoms with E-state index in [9.17, 15) is 0 Å². The van der Waals surface area contributed by atoms with Crippen molar-refractivity contribution in [3.8, 4) is 5.75 Å². The first-order chi connectivity index (χ1) is 10.7. The second-order valence-electron chi connectivity index (χ2n) is 4.96. The summed E-state index contributed by atoms with van der Waals surface area (Å²) in [5.41, 5.74) is 3.59. The van der Waals surface area contributed by atoms with Crippen LogP contribution in [0.25, 0.3) is 0 Å². The monoisotopic (exact) mass is 445 g/mol. The summed E-state index contributed by atoms with van der Waals surface area (Å²) in [5, 5.41) is 10.8. The number of hydrogen-bond acceptors (Lipinski definition) is 3. The Bertz CT molecular complexity index is 614. The number of ether oxygens (including phenoxy) is 1. The molecule has 0 unspecified atom stereocenters. The second kappa shape index (κ2) is 10.5. The molecule has 4 nitrogen and oxygen atoms in total. The molecule has 0 atom stereocenters. The maximum atomic E-state index is 5.70. The van der Waals surface area contributed by atoms with Crippen LogP contribution in [0.15, 0.2) is 40.0 Å². The lowest BCUT2D eigenvalue weighted by Crippen LogP contribution is -2.36. The topological polar surface area (TPSA) is 45.6 Å². The molecule has 0 fully saturated rings. The van der Waals surface area contributed by atoms with Crippen molar-refractivity contribution in [3.63, 3.8) is 0 Å². The van der Waals surface area contributed by atoms with E-state index in [1.54, 1.807) is 18.4 Å². The van der Waals surface area contributed by atoms with Gasteiger partial charge in [0.15, 0.2) is 5.96 Å². The predicted octanol–water partition coefficient (Wildman–Crippen LogP) is 3.94. The minimum absolute atomic E-state index is 0. The molecule has 0 saturated heterocycles. The third-order valence-electron chi connectivity index (χ3n) is 3.23. The largest absolute Gasteiger partial charge is 0.494 e. The Hall–Kier alpha value is -1.28. The van der Waals surface area contributed by atoms with Crippen LogP contribution >= 0.6 is 35.3 Å². The number of aryl methyl sites for hydroxylation is 1. The number of benzene rings is 1. The molecule has 0 saturated carbocycles. The van der Waals surface area contributed by atoms with Crippen LogP contribution in [-0.4, -0.2) is 19.6 Å². The molecular formula is C17H24IN3OS. The van der Waals surface area contributed by atoms with Gasteiger partial charge in [-0.25, -0.2) is 0 Å². The first-order valence-electron chi connectivity index (χ1n) is 7.41. The van der Waals surface area contributed by atoms with Crippen LogP contribution in [-0.2, 0) is 13.1 Å². The van der Waals surface area contributed by atoms with Crippen molar-refractivity contribution in [2.24, 2.45) is 4.99 Å². The first-order valence-corrected chi connectivity index (χ1v) is 8.35. The van der Waals surface area contributed by atoms with Crippen LogP contribution in [0.4, 0.5) is 0 Å².